The van der Waals surface area contributed by atoms with Gasteiger partial charge in [0.15, 0.2) is 5.75 Å². The third-order valence-electron chi connectivity index (χ3n) is 4.02. The second kappa shape index (κ2) is 9.04. The molecule has 1 heterocycles. The van der Waals surface area contributed by atoms with Crippen LogP contribution in [0.4, 0.5) is 17.3 Å². The van der Waals surface area contributed by atoms with E-state index in [1.807, 2.05) is 19.1 Å². The van der Waals surface area contributed by atoms with Crippen molar-refractivity contribution < 1.29 is 9.53 Å². The summed E-state index contributed by atoms with van der Waals surface area (Å²) in [6.07, 6.45) is 3.07. The van der Waals surface area contributed by atoms with Gasteiger partial charge in [-0.25, -0.2) is 9.97 Å². The van der Waals surface area contributed by atoms with Gasteiger partial charge in [0.25, 0.3) is 0 Å². The van der Waals surface area contributed by atoms with Crippen LogP contribution in [0.2, 0.25) is 5.02 Å². The first kappa shape index (κ1) is 20.1. The molecule has 29 heavy (non-hydrogen) atoms. The van der Waals surface area contributed by atoms with E-state index in [0.717, 1.165) is 11.3 Å². The largest absolute Gasteiger partial charge is 0.486 e. The average Bonchev–Trinajstić information content (AvgIpc) is 2.70. The van der Waals surface area contributed by atoms with Crippen LogP contribution in [-0.2, 0) is 11.4 Å². The molecule has 1 aromatic heterocycles. The molecule has 0 aliphatic rings. The number of anilines is 3. The molecule has 3 rings (SSSR count). The molecule has 8 heteroatoms. The smallest absolute Gasteiger partial charge is 0.227 e. The summed E-state index contributed by atoms with van der Waals surface area (Å²) in [5.74, 6) is 0.658. The molecule has 0 atom stereocenters. The van der Waals surface area contributed by atoms with E-state index in [0.29, 0.717) is 33.5 Å². The van der Waals surface area contributed by atoms with E-state index in [4.69, 9.17) is 21.6 Å². The first-order valence-corrected chi connectivity index (χ1v) is 9.11. The van der Waals surface area contributed by atoms with Gasteiger partial charge in [0.1, 0.15) is 6.61 Å². The summed E-state index contributed by atoms with van der Waals surface area (Å²) in [4.78, 5) is 19.9. The standard InChI is InChI=1S/C21H18ClN5O2/c1-13-4-3-5-19(26-14(2)28)20(13)27-21-24-10-17(11-25-21)29-12-16-8-15(9-23)6-7-18(16)22/h3-8,10-11H,12H2,1-2H3,(H,26,28)(H,24,25,27). The maximum absolute atomic E-state index is 11.4. The number of hydrogen-bond acceptors (Lipinski definition) is 6. The topological polar surface area (TPSA) is 99.9 Å². The minimum absolute atomic E-state index is 0.164. The highest BCUT2D eigenvalue weighted by atomic mass is 35.5. The molecule has 0 spiro atoms. The summed E-state index contributed by atoms with van der Waals surface area (Å²) in [7, 11) is 0. The van der Waals surface area contributed by atoms with Gasteiger partial charge in [-0.1, -0.05) is 23.7 Å². The number of nitrogens with one attached hydrogen (secondary N) is 2. The summed E-state index contributed by atoms with van der Waals surface area (Å²) < 4.78 is 5.67. The number of benzene rings is 2. The molecular weight excluding hydrogens is 390 g/mol. The number of nitrogens with zero attached hydrogens (tertiary/aromatic N) is 3. The summed E-state index contributed by atoms with van der Waals surface area (Å²) in [6, 6.07) is 12.6. The third kappa shape index (κ3) is 5.21. The van der Waals surface area contributed by atoms with Gasteiger partial charge in [-0.2, -0.15) is 5.26 Å². The zero-order valence-corrected chi connectivity index (χ0v) is 16.6. The number of ether oxygens (including phenoxy) is 1. The predicted octanol–water partition coefficient (Wildman–Crippen LogP) is 4.59. The lowest BCUT2D eigenvalue weighted by Gasteiger charge is -2.14. The lowest BCUT2D eigenvalue weighted by molar-refractivity contribution is -0.114. The van der Waals surface area contributed by atoms with Gasteiger partial charge in [-0.15, -0.1) is 0 Å². The van der Waals surface area contributed by atoms with Gasteiger partial charge >= 0.3 is 0 Å². The lowest BCUT2D eigenvalue weighted by Crippen LogP contribution is -2.09. The highest BCUT2D eigenvalue weighted by Gasteiger charge is 2.09. The van der Waals surface area contributed by atoms with Gasteiger partial charge in [-0.3, -0.25) is 4.79 Å². The van der Waals surface area contributed by atoms with Crippen LogP contribution in [-0.4, -0.2) is 15.9 Å². The Balaban J connectivity index is 1.70. The number of aryl methyl sites for hydroxylation is 1. The van der Waals surface area contributed by atoms with Crippen molar-refractivity contribution in [1.82, 2.24) is 9.97 Å². The molecule has 0 aliphatic carbocycles. The lowest BCUT2D eigenvalue weighted by atomic mass is 10.1. The van der Waals surface area contributed by atoms with Crippen LogP contribution in [0.3, 0.4) is 0 Å². The van der Waals surface area contributed by atoms with E-state index in [1.165, 1.54) is 19.3 Å². The van der Waals surface area contributed by atoms with E-state index in [9.17, 15) is 4.79 Å². The number of carbonyl (C=O) groups excluding carboxylic acids is 1. The van der Waals surface area contributed by atoms with Crippen LogP contribution < -0.4 is 15.4 Å². The van der Waals surface area contributed by atoms with E-state index in [2.05, 4.69) is 26.7 Å². The van der Waals surface area contributed by atoms with Gasteiger partial charge < -0.3 is 15.4 Å². The number of rotatable bonds is 6. The van der Waals surface area contributed by atoms with Crippen molar-refractivity contribution in [2.24, 2.45) is 0 Å². The fraction of sp³-hybridized carbons (Fsp3) is 0.143. The average molecular weight is 408 g/mol. The second-order valence-electron chi connectivity index (χ2n) is 6.25. The van der Waals surface area contributed by atoms with Crippen molar-refractivity contribution in [3.05, 3.63) is 70.5 Å². The molecule has 0 unspecified atom stereocenters. The van der Waals surface area contributed by atoms with Crippen LogP contribution in [0.1, 0.15) is 23.6 Å². The van der Waals surface area contributed by atoms with Gasteiger partial charge in [0, 0.05) is 17.5 Å². The fourth-order valence-electron chi connectivity index (χ4n) is 2.61. The van der Waals surface area contributed by atoms with E-state index in [1.54, 1.807) is 24.3 Å². The molecule has 1 amide bonds. The van der Waals surface area contributed by atoms with Crippen molar-refractivity contribution in [2.75, 3.05) is 10.6 Å². The number of halogens is 1. The van der Waals surface area contributed by atoms with Crippen molar-refractivity contribution in [2.45, 2.75) is 20.5 Å². The molecule has 2 N–H and O–H groups in total. The highest BCUT2D eigenvalue weighted by molar-refractivity contribution is 6.31. The van der Waals surface area contributed by atoms with Gasteiger partial charge in [0.2, 0.25) is 11.9 Å². The number of hydrogen-bond donors (Lipinski definition) is 2. The fourth-order valence-corrected chi connectivity index (χ4v) is 2.78. The first-order chi connectivity index (χ1) is 14.0. The van der Waals surface area contributed by atoms with Crippen molar-refractivity contribution in [1.29, 1.82) is 5.26 Å². The molecule has 0 radical (unpaired) electrons. The van der Waals surface area contributed by atoms with Crippen LogP contribution in [0.25, 0.3) is 0 Å². The van der Waals surface area contributed by atoms with Gasteiger partial charge in [-0.05, 0) is 36.8 Å². The van der Waals surface area contributed by atoms with E-state index >= 15 is 0 Å². The van der Waals surface area contributed by atoms with Crippen LogP contribution in [0.15, 0.2) is 48.8 Å². The Morgan fingerprint density at radius 2 is 2.00 bits per heavy atom. The van der Waals surface area contributed by atoms with Crippen LogP contribution in [0, 0.1) is 18.3 Å². The van der Waals surface area contributed by atoms with E-state index < -0.39 is 0 Å². The summed E-state index contributed by atoms with van der Waals surface area (Å²) in [5, 5.41) is 15.4. The Morgan fingerprint density at radius 3 is 2.69 bits per heavy atom. The quantitative estimate of drug-likeness (QED) is 0.619. The number of nitriles is 1. The summed E-state index contributed by atoms with van der Waals surface area (Å²) in [6.45, 7) is 3.56. The summed E-state index contributed by atoms with van der Waals surface area (Å²) >= 11 is 6.14. The molecule has 146 valence electrons. The third-order valence-corrected chi connectivity index (χ3v) is 4.39. The zero-order valence-electron chi connectivity index (χ0n) is 15.9. The van der Waals surface area contributed by atoms with Crippen molar-refractivity contribution in [3.63, 3.8) is 0 Å². The zero-order chi connectivity index (χ0) is 20.8. The highest BCUT2D eigenvalue weighted by Crippen LogP contribution is 2.28. The minimum Gasteiger partial charge on any atom is -0.486 e. The molecule has 2 aromatic carbocycles. The predicted molar refractivity (Wildman–Crippen MR) is 111 cm³/mol. The Kier molecular flexibility index (Phi) is 6.27. The van der Waals surface area contributed by atoms with Gasteiger partial charge in [0.05, 0.1) is 35.4 Å². The molecule has 0 saturated heterocycles. The first-order valence-electron chi connectivity index (χ1n) is 8.74. The minimum atomic E-state index is -0.164. The Hall–Kier alpha value is -3.63. The number of aromatic nitrogens is 2. The van der Waals surface area contributed by atoms with Crippen molar-refractivity contribution >= 4 is 34.8 Å². The maximum Gasteiger partial charge on any atom is 0.227 e. The Labute approximate surface area is 173 Å². The number of carbonyl (C=O) groups is 1. The maximum atomic E-state index is 11.4. The SMILES string of the molecule is CC(=O)Nc1cccc(C)c1Nc1ncc(OCc2cc(C#N)ccc2Cl)cn1. The van der Waals surface area contributed by atoms with Crippen molar-refractivity contribution in [3.8, 4) is 11.8 Å². The molecule has 3 aromatic rings. The second-order valence-corrected chi connectivity index (χ2v) is 6.66. The molecule has 0 aliphatic heterocycles. The molecule has 7 nitrogen and oxygen atoms in total. The number of para-hydroxylation sites is 1. The monoisotopic (exact) mass is 407 g/mol. The molecule has 0 saturated carbocycles. The van der Waals surface area contributed by atoms with Crippen LogP contribution in [0.5, 0.6) is 5.75 Å². The molecule has 0 bridgehead atoms. The normalized spacial score (nSPS) is 10.1. The van der Waals surface area contributed by atoms with Crippen LogP contribution >= 0.6 is 11.6 Å². The summed E-state index contributed by atoms with van der Waals surface area (Å²) in [5.41, 5.74) is 3.52. The Bertz CT molecular complexity index is 1080. The Morgan fingerprint density at radius 1 is 1.24 bits per heavy atom. The molecule has 0 fully saturated rings. The van der Waals surface area contributed by atoms with E-state index in [-0.39, 0.29) is 12.5 Å². The molecular formula is C21H18ClN5O2. The number of amides is 1.